The maximum atomic E-state index is 12.3. The van der Waals surface area contributed by atoms with Gasteiger partial charge < -0.3 is 25.6 Å². The molecule has 1 heterocycles. The molecule has 3 aromatic rings. The molecule has 2 aromatic carbocycles. The van der Waals surface area contributed by atoms with Gasteiger partial charge in [-0.05, 0) is 22.3 Å². The van der Waals surface area contributed by atoms with Crippen LogP contribution in [0.1, 0.15) is 29.2 Å². The Balaban J connectivity index is 1.27. The van der Waals surface area contributed by atoms with Gasteiger partial charge in [-0.15, -0.1) is 5.10 Å². The molecule has 0 saturated heterocycles. The van der Waals surface area contributed by atoms with E-state index >= 15 is 0 Å². The normalized spacial score (nSPS) is 12.9. The van der Waals surface area contributed by atoms with Crippen LogP contribution < -0.4 is 10.6 Å². The van der Waals surface area contributed by atoms with E-state index in [2.05, 4.69) is 33.1 Å². The van der Waals surface area contributed by atoms with Gasteiger partial charge in [-0.1, -0.05) is 53.7 Å². The number of hydrogen-bond donors (Lipinski definition) is 4. The van der Waals surface area contributed by atoms with Crippen LogP contribution >= 0.6 is 0 Å². The van der Waals surface area contributed by atoms with Gasteiger partial charge in [-0.25, -0.2) is 14.3 Å². The van der Waals surface area contributed by atoms with E-state index in [1.807, 2.05) is 36.4 Å². The van der Waals surface area contributed by atoms with Crippen LogP contribution in [0, 0.1) is 0 Å². The number of hydrogen-bond acceptors (Lipinski definition) is 7. The van der Waals surface area contributed by atoms with Gasteiger partial charge in [-0.2, -0.15) is 0 Å². The number of amides is 2. The largest absolute Gasteiger partial charge is 0.480 e. The summed E-state index contributed by atoms with van der Waals surface area (Å²) in [7, 11) is 0. The minimum Gasteiger partial charge on any atom is -0.480 e. The number of aromatic nitrogens is 3. The number of carboxylic acid groups (broad SMARTS) is 1. The first-order valence-electron chi connectivity index (χ1n) is 11.1. The zero-order chi connectivity index (χ0) is 24.8. The highest BCUT2D eigenvalue weighted by Gasteiger charge is 2.29. The number of alkyl carbamates (subject to hydrolysis) is 1. The van der Waals surface area contributed by atoms with Crippen molar-refractivity contribution in [2.24, 2.45) is 0 Å². The second-order valence-electron chi connectivity index (χ2n) is 8.06. The highest BCUT2D eigenvalue weighted by Crippen LogP contribution is 2.44. The van der Waals surface area contributed by atoms with E-state index in [0.29, 0.717) is 5.69 Å². The molecule has 0 aliphatic heterocycles. The molecule has 4 N–H and O–H groups in total. The fourth-order valence-corrected chi connectivity index (χ4v) is 4.08. The summed E-state index contributed by atoms with van der Waals surface area (Å²) in [6.45, 7) is -0.398. The molecule has 11 heteroatoms. The Kier molecular flexibility index (Phi) is 7.36. The molecule has 11 nitrogen and oxygen atoms in total. The van der Waals surface area contributed by atoms with E-state index < -0.39 is 24.0 Å². The molecule has 0 saturated carbocycles. The molecule has 1 aromatic heterocycles. The first-order valence-corrected chi connectivity index (χ1v) is 11.1. The van der Waals surface area contributed by atoms with Crippen molar-refractivity contribution in [2.45, 2.75) is 31.5 Å². The van der Waals surface area contributed by atoms with Crippen molar-refractivity contribution in [3.05, 3.63) is 71.5 Å². The highest BCUT2D eigenvalue weighted by molar-refractivity contribution is 5.83. The predicted molar refractivity (Wildman–Crippen MR) is 123 cm³/mol. The number of carbonyl (C=O) groups is 3. The number of carbonyl (C=O) groups excluding carboxylic acids is 2. The van der Waals surface area contributed by atoms with Crippen LogP contribution in [-0.2, 0) is 27.4 Å². The van der Waals surface area contributed by atoms with Crippen LogP contribution in [0.5, 0.6) is 0 Å². The van der Waals surface area contributed by atoms with Crippen molar-refractivity contribution < 1.29 is 29.3 Å². The van der Waals surface area contributed by atoms with Gasteiger partial charge >= 0.3 is 12.1 Å². The molecular weight excluding hydrogens is 454 g/mol. The minimum atomic E-state index is -1.24. The average Bonchev–Trinajstić information content (AvgIpc) is 3.43. The maximum Gasteiger partial charge on any atom is 0.407 e. The quantitative estimate of drug-likeness (QED) is 0.339. The van der Waals surface area contributed by atoms with Gasteiger partial charge in [0.1, 0.15) is 24.9 Å². The minimum absolute atomic E-state index is 0.0422. The summed E-state index contributed by atoms with van der Waals surface area (Å²) >= 11 is 0. The van der Waals surface area contributed by atoms with Gasteiger partial charge in [0.05, 0.1) is 12.7 Å². The molecule has 1 atom stereocenters. The number of aliphatic carboxylic acids is 1. The van der Waals surface area contributed by atoms with Crippen molar-refractivity contribution in [2.75, 3.05) is 13.2 Å². The molecule has 35 heavy (non-hydrogen) atoms. The lowest BCUT2D eigenvalue weighted by Gasteiger charge is -2.14. The third kappa shape index (κ3) is 5.64. The van der Waals surface area contributed by atoms with E-state index in [4.69, 9.17) is 14.9 Å². The monoisotopic (exact) mass is 479 g/mol. The molecule has 4 rings (SSSR count). The fraction of sp³-hybridized carbons (Fsp3) is 0.292. The number of aliphatic hydroxyl groups excluding tert-OH is 1. The standard InChI is InChI=1S/C24H25N5O6/c30-10-9-21(23(32)33)26-22(31)13-29-12-15(27-28-29)11-25-24(34)35-14-20-18-7-3-1-5-16(18)17-6-2-4-8-19(17)20/h1-8,12,20-21,30H,9-11,13-14H2,(H,25,34)(H,26,31)(H,32,33). The number of nitrogens with zero attached hydrogens (tertiary/aromatic N) is 3. The highest BCUT2D eigenvalue weighted by atomic mass is 16.5. The Labute approximate surface area is 200 Å². The molecule has 0 fully saturated rings. The summed E-state index contributed by atoms with van der Waals surface area (Å²) in [6.07, 6.45) is 0.756. The van der Waals surface area contributed by atoms with Crippen molar-refractivity contribution in [3.63, 3.8) is 0 Å². The SMILES string of the molecule is O=C(Cn1cc(CNC(=O)OCC2c3ccccc3-c3ccccc32)nn1)NC(CCO)C(=O)O. The molecule has 182 valence electrons. The van der Waals surface area contributed by atoms with Crippen LogP contribution in [0.3, 0.4) is 0 Å². The Hall–Kier alpha value is -4.25. The number of rotatable bonds is 10. The van der Waals surface area contributed by atoms with E-state index in [0.717, 1.165) is 22.3 Å². The predicted octanol–water partition coefficient (Wildman–Crippen LogP) is 1.27. The summed E-state index contributed by atoms with van der Waals surface area (Å²) in [5, 5.41) is 30.6. The van der Waals surface area contributed by atoms with Crippen LogP contribution in [0.2, 0.25) is 0 Å². The van der Waals surface area contributed by atoms with Crippen molar-refractivity contribution in [1.82, 2.24) is 25.6 Å². The Morgan fingerprint density at radius 3 is 2.34 bits per heavy atom. The number of ether oxygens (including phenoxy) is 1. The Morgan fingerprint density at radius 2 is 1.71 bits per heavy atom. The van der Waals surface area contributed by atoms with Gasteiger partial charge in [0.15, 0.2) is 0 Å². The van der Waals surface area contributed by atoms with E-state index in [9.17, 15) is 14.4 Å². The van der Waals surface area contributed by atoms with Crippen molar-refractivity contribution in [3.8, 4) is 11.1 Å². The topological polar surface area (TPSA) is 156 Å². The Bertz CT molecular complexity index is 1180. The molecule has 0 radical (unpaired) electrons. The zero-order valence-corrected chi connectivity index (χ0v) is 18.8. The first kappa shape index (κ1) is 23.9. The maximum absolute atomic E-state index is 12.3. The van der Waals surface area contributed by atoms with E-state index in [1.54, 1.807) is 0 Å². The molecule has 0 spiro atoms. The van der Waals surface area contributed by atoms with Gasteiger partial charge in [0, 0.05) is 18.9 Å². The molecule has 0 bridgehead atoms. The number of benzene rings is 2. The van der Waals surface area contributed by atoms with E-state index in [1.165, 1.54) is 10.9 Å². The smallest absolute Gasteiger partial charge is 0.407 e. The zero-order valence-electron chi connectivity index (χ0n) is 18.8. The van der Waals surface area contributed by atoms with Crippen molar-refractivity contribution >= 4 is 18.0 Å². The summed E-state index contributed by atoms with van der Waals surface area (Å²) in [5.41, 5.74) is 4.92. The lowest BCUT2D eigenvalue weighted by Crippen LogP contribution is -2.42. The van der Waals surface area contributed by atoms with Gasteiger partial charge in [0.25, 0.3) is 0 Å². The Morgan fingerprint density at radius 1 is 1.06 bits per heavy atom. The molecule has 1 unspecified atom stereocenters. The molecule has 1 aliphatic rings. The van der Waals surface area contributed by atoms with Crippen molar-refractivity contribution in [1.29, 1.82) is 0 Å². The lowest BCUT2D eigenvalue weighted by molar-refractivity contribution is -0.142. The van der Waals surface area contributed by atoms with E-state index in [-0.39, 0.29) is 38.6 Å². The summed E-state index contributed by atoms with van der Waals surface area (Å²) in [4.78, 5) is 35.4. The van der Waals surface area contributed by atoms with Gasteiger partial charge in [0.2, 0.25) is 5.91 Å². The first-order chi connectivity index (χ1) is 17.0. The van der Waals surface area contributed by atoms with Crippen LogP contribution in [0.25, 0.3) is 11.1 Å². The molecule has 1 aliphatic carbocycles. The number of aliphatic hydroxyl groups is 1. The summed E-state index contributed by atoms with van der Waals surface area (Å²) < 4.78 is 6.70. The van der Waals surface area contributed by atoms with Crippen LogP contribution in [0.15, 0.2) is 54.7 Å². The summed E-state index contributed by atoms with van der Waals surface area (Å²) in [6, 6.07) is 14.9. The molecular formula is C24H25N5O6. The average molecular weight is 479 g/mol. The summed E-state index contributed by atoms with van der Waals surface area (Å²) in [5.74, 6) is -1.88. The van der Waals surface area contributed by atoms with Gasteiger partial charge in [-0.3, -0.25) is 4.79 Å². The second kappa shape index (κ2) is 10.8. The fourth-order valence-electron chi connectivity index (χ4n) is 4.08. The number of carboxylic acids is 1. The second-order valence-corrected chi connectivity index (χ2v) is 8.06. The number of nitrogens with one attached hydrogen (secondary N) is 2. The third-order valence-electron chi connectivity index (χ3n) is 5.70. The van der Waals surface area contributed by atoms with Crippen LogP contribution in [0.4, 0.5) is 4.79 Å². The number of fused-ring (bicyclic) bond motifs is 3. The lowest BCUT2D eigenvalue weighted by atomic mass is 9.98. The molecule has 2 amide bonds. The van der Waals surface area contributed by atoms with Crippen LogP contribution in [-0.4, -0.2) is 62.4 Å². The third-order valence-corrected chi connectivity index (χ3v) is 5.70.